The Morgan fingerprint density at radius 1 is 0.914 bits per heavy atom. The highest BCUT2D eigenvalue weighted by atomic mass is 35.5. The molecule has 2 aliphatic heterocycles. The molecule has 2 N–H and O–H groups in total. The van der Waals surface area contributed by atoms with Crippen molar-refractivity contribution in [3.63, 3.8) is 0 Å². The molecule has 0 saturated carbocycles. The summed E-state index contributed by atoms with van der Waals surface area (Å²) in [5.41, 5.74) is 9.64. The third kappa shape index (κ3) is 6.61. The van der Waals surface area contributed by atoms with Crippen molar-refractivity contribution < 1.29 is 13.2 Å². The average molecular weight is 503 g/mol. The first kappa shape index (κ1) is 25.2. The second-order valence-electron chi connectivity index (χ2n) is 8.77. The van der Waals surface area contributed by atoms with Gasteiger partial charge in [-0.15, -0.1) is 0 Å². The molecular formula is C27H30ClF3N4. The lowest BCUT2D eigenvalue weighted by Crippen LogP contribution is -2.46. The number of nitrogens with zero attached hydrogens (tertiary/aromatic N) is 3. The molecule has 2 aromatic carbocycles. The Hall–Kier alpha value is -2.90. The van der Waals surface area contributed by atoms with Crippen molar-refractivity contribution in [1.82, 2.24) is 9.80 Å². The normalized spacial score (nSPS) is 17.6. The maximum absolute atomic E-state index is 12.8. The average Bonchev–Trinajstić information content (AvgIpc) is 2.87. The van der Waals surface area contributed by atoms with E-state index >= 15 is 0 Å². The summed E-state index contributed by atoms with van der Waals surface area (Å²) in [6.07, 6.45) is 5.70. The van der Waals surface area contributed by atoms with Gasteiger partial charge in [0.15, 0.2) is 0 Å². The SMILES string of the molecule is N/C(=C(/CCCN1CCN(c2ccc(C(F)(F)F)cc2)CC1)N1C=CC=CC1)c1ccc(Cl)cc1. The Balaban J connectivity index is 1.33. The van der Waals surface area contributed by atoms with Crippen molar-refractivity contribution in [1.29, 1.82) is 0 Å². The van der Waals surface area contributed by atoms with Gasteiger partial charge in [0.05, 0.1) is 11.3 Å². The number of rotatable bonds is 7. The van der Waals surface area contributed by atoms with Gasteiger partial charge in [-0.1, -0.05) is 35.9 Å². The van der Waals surface area contributed by atoms with Crippen LogP contribution in [0.15, 0.2) is 78.7 Å². The van der Waals surface area contributed by atoms with Crippen LogP contribution in [0.3, 0.4) is 0 Å². The number of hydrogen-bond donors (Lipinski definition) is 1. The number of piperazine rings is 1. The Bertz CT molecular complexity index is 1070. The van der Waals surface area contributed by atoms with Crippen molar-refractivity contribution in [2.45, 2.75) is 19.0 Å². The molecule has 0 radical (unpaired) electrons. The Labute approximate surface area is 209 Å². The molecule has 4 nitrogen and oxygen atoms in total. The van der Waals surface area contributed by atoms with Gasteiger partial charge in [0.1, 0.15) is 0 Å². The minimum absolute atomic E-state index is 0.611. The highest BCUT2D eigenvalue weighted by molar-refractivity contribution is 6.30. The van der Waals surface area contributed by atoms with Crippen LogP contribution in [-0.4, -0.2) is 49.1 Å². The van der Waals surface area contributed by atoms with Crippen molar-refractivity contribution >= 4 is 23.0 Å². The lowest BCUT2D eigenvalue weighted by atomic mass is 10.1. The van der Waals surface area contributed by atoms with E-state index in [4.69, 9.17) is 17.3 Å². The van der Waals surface area contributed by atoms with E-state index < -0.39 is 11.7 Å². The summed E-state index contributed by atoms with van der Waals surface area (Å²) in [4.78, 5) is 6.74. The highest BCUT2D eigenvalue weighted by Crippen LogP contribution is 2.31. The van der Waals surface area contributed by atoms with Gasteiger partial charge in [-0.05, 0) is 67.4 Å². The van der Waals surface area contributed by atoms with Crippen LogP contribution in [-0.2, 0) is 6.18 Å². The van der Waals surface area contributed by atoms with Gasteiger partial charge in [-0.25, -0.2) is 0 Å². The summed E-state index contributed by atoms with van der Waals surface area (Å²) >= 11 is 6.05. The number of anilines is 1. The third-order valence-corrected chi connectivity index (χ3v) is 6.70. The molecule has 2 aromatic rings. The first-order valence-electron chi connectivity index (χ1n) is 11.8. The molecule has 0 atom stereocenters. The molecule has 1 saturated heterocycles. The molecule has 0 aliphatic carbocycles. The summed E-state index contributed by atoms with van der Waals surface area (Å²) in [7, 11) is 0. The fourth-order valence-corrected chi connectivity index (χ4v) is 4.58. The van der Waals surface area contributed by atoms with Gasteiger partial charge in [-0.3, -0.25) is 4.90 Å². The van der Waals surface area contributed by atoms with Crippen LogP contribution in [0, 0.1) is 0 Å². The van der Waals surface area contributed by atoms with Gasteiger partial charge >= 0.3 is 6.18 Å². The fourth-order valence-electron chi connectivity index (χ4n) is 4.46. The third-order valence-electron chi connectivity index (χ3n) is 6.45. The number of benzene rings is 2. The van der Waals surface area contributed by atoms with Crippen LogP contribution in [0.25, 0.3) is 5.70 Å². The standard InChI is InChI=1S/C27H30ClF3N4/c28-23-10-6-21(7-11-23)26(32)25(35-15-2-1-3-16-35)5-4-14-33-17-19-34(20-18-33)24-12-8-22(9-13-24)27(29,30)31/h1-3,6-13,15H,4-5,14,16-20,32H2/b26-25-. The Morgan fingerprint density at radius 3 is 2.20 bits per heavy atom. The molecule has 186 valence electrons. The lowest BCUT2D eigenvalue weighted by Gasteiger charge is -2.36. The first-order chi connectivity index (χ1) is 16.8. The van der Waals surface area contributed by atoms with E-state index in [1.54, 1.807) is 12.1 Å². The number of allylic oxidation sites excluding steroid dienone is 3. The van der Waals surface area contributed by atoms with Crippen LogP contribution in [0.5, 0.6) is 0 Å². The van der Waals surface area contributed by atoms with Gasteiger partial charge < -0.3 is 15.5 Å². The van der Waals surface area contributed by atoms with Crippen LogP contribution in [0.4, 0.5) is 18.9 Å². The molecule has 0 spiro atoms. The fraction of sp³-hybridized carbons (Fsp3) is 0.333. The second kappa shape index (κ2) is 11.2. The zero-order valence-corrected chi connectivity index (χ0v) is 20.3. The summed E-state index contributed by atoms with van der Waals surface area (Å²) in [6.45, 7) is 5.05. The zero-order chi connectivity index (χ0) is 24.8. The van der Waals surface area contributed by atoms with Crippen molar-refractivity contribution in [3.8, 4) is 0 Å². The lowest BCUT2D eigenvalue weighted by molar-refractivity contribution is -0.137. The van der Waals surface area contributed by atoms with Crippen LogP contribution in [0.2, 0.25) is 5.02 Å². The molecule has 0 amide bonds. The van der Waals surface area contributed by atoms with Crippen LogP contribution in [0.1, 0.15) is 24.0 Å². The van der Waals surface area contributed by atoms with Gasteiger partial charge in [-0.2, -0.15) is 13.2 Å². The van der Waals surface area contributed by atoms with E-state index in [0.29, 0.717) is 5.02 Å². The molecule has 2 aliphatic rings. The van der Waals surface area contributed by atoms with Gasteiger partial charge in [0.25, 0.3) is 0 Å². The summed E-state index contributed by atoms with van der Waals surface area (Å²) < 4.78 is 38.5. The molecule has 2 heterocycles. The van der Waals surface area contributed by atoms with Crippen LogP contribution < -0.4 is 10.6 Å². The predicted molar refractivity (Wildman–Crippen MR) is 137 cm³/mol. The highest BCUT2D eigenvalue weighted by Gasteiger charge is 2.30. The molecule has 1 fully saturated rings. The van der Waals surface area contributed by atoms with Crippen molar-refractivity contribution in [2.75, 3.05) is 44.2 Å². The minimum Gasteiger partial charge on any atom is -0.397 e. The molecule has 0 aromatic heterocycles. The number of nitrogens with two attached hydrogens (primary N) is 1. The maximum Gasteiger partial charge on any atom is 0.416 e. The molecule has 0 unspecified atom stereocenters. The van der Waals surface area contributed by atoms with E-state index in [0.717, 1.165) is 86.9 Å². The first-order valence-corrected chi connectivity index (χ1v) is 12.2. The summed E-state index contributed by atoms with van der Waals surface area (Å²) in [5, 5.41) is 0.680. The maximum atomic E-state index is 12.8. The largest absolute Gasteiger partial charge is 0.416 e. The van der Waals surface area contributed by atoms with Gasteiger partial charge in [0.2, 0.25) is 0 Å². The quantitative estimate of drug-likeness (QED) is 0.505. The molecule has 8 heteroatoms. The van der Waals surface area contributed by atoms with Crippen LogP contribution >= 0.6 is 11.6 Å². The zero-order valence-electron chi connectivity index (χ0n) is 19.5. The summed E-state index contributed by atoms with van der Waals surface area (Å²) in [6, 6.07) is 13.0. The number of hydrogen-bond acceptors (Lipinski definition) is 4. The Morgan fingerprint density at radius 2 is 1.60 bits per heavy atom. The molecule has 4 rings (SSSR count). The van der Waals surface area contributed by atoms with Crippen molar-refractivity contribution in [3.05, 3.63) is 94.8 Å². The predicted octanol–water partition coefficient (Wildman–Crippen LogP) is 5.97. The smallest absolute Gasteiger partial charge is 0.397 e. The van der Waals surface area contributed by atoms with E-state index in [2.05, 4.69) is 27.0 Å². The Kier molecular flexibility index (Phi) is 8.08. The second-order valence-corrected chi connectivity index (χ2v) is 9.20. The van der Waals surface area contributed by atoms with E-state index in [1.165, 1.54) is 0 Å². The van der Waals surface area contributed by atoms with Crippen molar-refractivity contribution in [2.24, 2.45) is 5.73 Å². The van der Waals surface area contributed by atoms with E-state index in [1.807, 2.05) is 36.4 Å². The number of halogens is 4. The molecule has 35 heavy (non-hydrogen) atoms. The summed E-state index contributed by atoms with van der Waals surface area (Å²) in [5.74, 6) is 0. The topological polar surface area (TPSA) is 35.7 Å². The van der Waals surface area contributed by atoms with Gasteiger partial charge in [0, 0.05) is 55.3 Å². The monoisotopic (exact) mass is 502 g/mol. The van der Waals surface area contributed by atoms with E-state index in [9.17, 15) is 13.2 Å². The minimum atomic E-state index is -4.30. The number of alkyl halides is 3. The molecule has 0 bridgehead atoms. The molecular weight excluding hydrogens is 473 g/mol. The van der Waals surface area contributed by atoms with E-state index in [-0.39, 0.29) is 0 Å².